The SMILES string of the molecule is C=C(C)CNC(=S)N/N=C/c1sc(N2CCOCC2)nc1-c1ccccc1. The Kier molecular flexibility index (Phi) is 6.92. The average molecular weight is 402 g/mol. The number of hydrogen-bond acceptors (Lipinski definition) is 6. The van der Waals surface area contributed by atoms with Crippen LogP contribution in [0.1, 0.15) is 11.8 Å². The zero-order valence-corrected chi connectivity index (χ0v) is 16.9. The molecule has 8 heteroatoms. The zero-order chi connectivity index (χ0) is 19.1. The molecule has 2 aromatic rings. The third-order valence-corrected chi connectivity index (χ3v) is 5.16. The van der Waals surface area contributed by atoms with Crippen molar-refractivity contribution in [3.05, 3.63) is 47.4 Å². The van der Waals surface area contributed by atoms with E-state index in [-0.39, 0.29) is 0 Å². The van der Waals surface area contributed by atoms with Gasteiger partial charge in [-0.05, 0) is 19.1 Å². The van der Waals surface area contributed by atoms with Crippen molar-refractivity contribution in [3.63, 3.8) is 0 Å². The van der Waals surface area contributed by atoms with Gasteiger partial charge in [0.1, 0.15) is 0 Å². The molecule has 0 radical (unpaired) electrons. The van der Waals surface area contributed by atoms with Crippen molar-refractivity contribution in [2.24, 2.45) is 5.10 Å². The van der Waals surface area contributed by atoms with Gasteiger partial charge in [0.05, 0.1) is 30.0 Å². The fourth-order valence-electron chi connectivity index (χ4n) is 2.52. The molecule has 0 aliphatic carbocycles. The summed E-state index contributed by atoms with van der Waals surface area (Å²) in [5.74, 6) is 0. The second kappa shape index (κ2) is 9.59. The first-order chi connectivity index (χ1) is 13.1. The maximum atomic E-state index is 5.45. The molecule has 1 aliphatic heterocycles. The van der Waals surface area contributed by atoms with Crippen LogP contribution in [0.15, 0.2) is 47.6 Å². The number of nitrogens with one attached hydrogen (secondary N) is 2. The number of anilines is 1. The Hall–Kier alpha value is -2.29. The summed E-state index contributed by atoms with van der Waals surface area (Å²) in [6.45, 7) is 9.57. The molecule has 0 atom stereocenters. The lowest BCUT2D eigenvalue weighted by atomic mass is 10.1. The molecule has 0 unspecified atom stereocenters. The third kappa shape index (κ3) is 5.59. The van der Waals surface area contributed by atoms with E-state index in [0.717, 1.165) is 53.1 Å². The molecule has 1 saturated heterocycles. The van der Waals surface area contributed by atoms with Crippen LogP contribution in [0.4, 0.5) is 5.13 Å². The summed E-state index contributed by atoms with van der Waals surface area (Å²) in [7, 11) is 0. The lowest BCUT2D eigenvalue weighted by Crippen LogP contribution is -2.36. The molecule has 0 saturated carbocycles. The maximum Gasteiger partial charge on any atom is 0.187 e. The van der Waals surface area contributed by atoms with Crippen LogP contribution in [0.25, 0.3) is 11.3 Å². The molecule has 6 nitrogen and oxygen atoms in total. The number of benzene rings is 1. The van der Waals surface area contributed by atoms with Crippen LogP contribution in [0, 0.1) is 0 Å². The minimum absolute atomic E-state index is 0.466. The van der Waals surface area contributed by atoms with Gasteiger partial charge >= 0.3 is 0 Å². The van der Waals surface area contributed by atoms with Crippen molar-refractivity contribution >= 4 is 40.0 Å². The average Bonchev–Trinajstić information content (AvgIpc) is 3.12. The van der Waals surface area contributed by atoms with Gasteiger partial charge in [0.2, 0.25) is 0 Å². The molecule has 2 N–H and O–H groups in total. The molecular formula is C19H23N5OS2. The Bertz CT molecular complexity index is 813. The Morgan fingerprint density at radius 2 is 2.11 bits per heavy atom. The van der Waals surface area contributed by atoms with Crippen molar-refractivity contribution in [2.75, 3.05) is 37.7 Å². The third-order valence-electron chi connectivity index (χ3n) is 3.87. The van der Waals surface area contributed by atoms with Crippen LogP contribution >= 0.6 is 23.6 Å². The molecule has 1 aromatic heterocycles. The second-order valence-corrected chi connectivity index (χ2v) is 7.60. The Morgan fingerprint density at radius 3 is 2.81 bits per heavy atom. The van der Waals surface area contributed by atoms with Crippen molar-refractivity contribution < 1.29 is 4.74 Å². The molecular weight excluding hydrogens is 378 g/mol. The number of rotatable bonds is 6. The fraction of sp³-hybridized carbons (Fsp3) is 0.316. The van der Waals surface area contributed by atoms with E-state index in [0.29, 0.717) is 11.7 Å². The number of aromatic nitrogens is 1. The van der Waals surface area contributed by atoms with Crippen molar-refractivity contribution in [1.29, 1.82) is 0 Å². The van der Waals surface area contributed by atoms with E-state index in [4.69, 9.17) is 21.9 Å². The number of nitrogens with zero attached hydrogens (tertiary/aromatic N) is 3. The number of hydrogen-bond donors (Lipinski definition) is 2. The van der Waals surface area contributed by atoms with E-state index in [9.17, 15) is 0 Å². The molecule has 0 spiro atoms. The van der Waals surface area contributed by atoms with Crippen LogP contribution in [0.2, 0.25) is 0 Å². The Balaban J connectivity index is 1.77. The lowest BCUT2D eigenvalue weighted by molar-refractivity contribution is 0.122. The zero-order valence-electron chi connectivity index (χ0n) is 15.3. The van der Waals surface area contributed by atoms with Gasteiger partial charge in [0.15, 0.2) is 10.2 Å². The predicted octanol–water partition coefficient (Wildman–Crippen LogP) is 3.02. The van der Waals surface area contributed by atoms with Gasteiger partial charge < -0.3 is 15.0 Å². The van der Waals surface area contributed by atoms with Gasteiger partial charge in [0, 0.05) is 25.2 Å². The van der Waals surface area contributed by atoms with Gasteiger partial charge in [-0.15, -0.1) is 0 Å². The first-order valence-electron chi connectivity index (χ1n) is 8.73. The van der Waals surface area contributed by atoms with Gasteiger partial charge in [-0.1, -0.05) is 53.8 Å². The van der Waals surface area contributed by atoms with Crippen LogP contribution in [0.3, 0.4) is 0 Å². The van der Waals surface area contributed by atoms with Gasteiger partial charge in [-0.25, -0.2) is 4.98 Å². The molecule has 27 heavy (non-hydrogen) atoms. The molecule has 2 heterocycles. The summed E-state index contributed by atoms with van der Waals surface area (Å²) in [5, 5.41) is 8.78. The molecule has 1 fully saturated rings. The van der Waals surface area contributed by atoms with Crippen LogP contribution in [-0.4, -0.2) is 49.2 Å². The lowest BCUT2D eigenvalue weighted by Gasteiger charge is -2.26. The van der Waals surface area contributed by atoms with Crippen LogP contribution in [-0.2, 0) is 4.74 Å². The summed E-state index contributed by atoms with van der Waals surface area (Å²) in [6.07, 6.45) is 1.78. The predicted molar refractivity (Wildman–Crippen MR) is 117 cm³/mol. The normalized spacial score (nSPS) is 14.3. The molecule has 1 aliphatic rings. The highest BCUT2D eigenvalue weighted by molar-refractivity contribution is 7.80. The van der Waals surface area contributed by atoms with Gasteiger partial charge in [-0.2, -0.15) is 5.10 Å². The van der Waals surface area contributed by atoms with E-state index in [1.165, 1.54) is 0 Å². The van der Waals surface area contributed by atoms with Crippen molar-refractivity contribution in [1.82, 2.24) is 15.7 Å². The molecule has 142 valence electrons. The summed E-state index contributed by atoms with van der Waals surface area (Å²) in [6, 6.07) is 10.1. The number of thiocarbonyl (C=S) groups is 1. The van der Waals surface area contributed by atoms with E-state index in [1.807, 2.05) is 25.1 Å². The topological polar surface area (TPSA) is 61.8 Å². The molecule has 0 amide bonds. The highest BCUT2D eigenvalue weighted by Gasteiger charge is 2.18. The minimum Gasteiger partial charge on any atom is -0.378 e. The molecule has 1 aromatic carbocycles. The van der Waals surface area contributed by atoms with Gasteiger partial charge in [0.25, 0.3) is 0 Å². The van der Waals surface area contributed by atoms with Gasteiger partial charge in [-0.3, -0.25) is 5.43 Å². The highest BCUT2D eigenvalue weighted by atomic mass is 32.1. The smallest absolute Gasteiger partial charge is 0.187 e. The first kappa shape index (κ1) is 19.5. The van der Waals surface area contributed by atoms with Crippen LogP contribution < -0.4 is 15.6 Å². The fourth-order valence-corrected chi connectivity index (χ4v) is 3.66. The molecule has 0 bridgehead atoms. The summed E-state index contributed by atoms with van der Waals surface area (Å²) in [5.41, 5.74) is 5.85. The van der Waals surface area contributed by atoms with E-state index >= 15 is 0 Å². The van der Waals surface area contributed by atoms with E-state index in [1.54, 1.807) is 17.6 Å². The summed E-state index contributed by atoms with van der Waals surface area (Å²) < 4.78 is 5.45. The van der Waals surface area contributed by atoms with E-state index < -0.39 is 0 Å². The Labute approximate surface area is 168 Å². The van der Waals surface area contributed by atoms with E-state index in [2.05, 4.69) is 39.5 Å². The first-order valence-corrected chi connectivity index (χ1v) is 9.96. The molecule has 3 rings (SSSR count). The minimum atomic E-state index is 0.466. The second-order valence-electron chi connectivity index (χ2n) is 6.18. The Morgan fingerprint density at radius 1 is 1.37 bits per heavy atom. The summed E-state index contributed by atoms with van der Waals surface area (Å²) in [4.78, 5) is 8.11. The van der Waals surface area contributed by atoms with Crippen molar-refractivity contribution in [2.45, 2.75) is 6.92 Å². The number of hydrazone groups is 1. The summed E-state index contributed by atoms with van der Waals surface area (Å²) >= 11 is 6.83. The quantitative estimate of drug-likeness (QED) is 0.336. The van der Waals surface area contributed by atoms with Crippen molar-refractivity contribution in [3.8, 4) is 11.3 Å². The number of ether oxygens (including phenoxy) is 1. The highest BCUT2D eigenvalue weighted by Crippen LogP contribution is 2.32. The monoisotopic (exact) mass is 401 g/mol. The van der Waals surface area contributed by atoms with Crippen LogP contribution in [0.5, 0.6) is 0 Å². The standard InChI is InChI=1S/C19H23N5OS2/c1-14(2)12-20-18(26)23-21-13-16-17(15-6-4-3-5-7-15)22-19(27-16)24-8-10-25-11-9-24/h3-7,13H,1,8-12H2,2H3,(H2,20,23,26)/b21-13+. The number of morpholine rings is 1. The maximum absolute atomic E-state index is 5.45. The largest absolute Gasteiger partial charge is 0.378 e. The number of thiazole rings is 1.